The van der Waals surface area contributed by atoms with Gasteiger partial charge in [-0.2, -0.15) is 0 Å². The van der Waals surface area contributed by atoms with Crippen LogP contribution in [0.15, 0.2) is 24.3 Å². The molecule has 0 N–H and O–H groups in total. The summed E-state index contributed by atoms with van der Waals surface area (Å²) in [5.74, 6) is -0.476. The van der Waals surface area contributed by atoms with Crippen LogP contribution in [0.1, 0.15) is 11.1 Å². The Morgan fingerprint density at radius 2 is 1.18 bits per heavy atom. The minimum absolute atomic E-state index is 0.238. The number of fused-ring (bicyclic) bond motifs is 3. The molecule has 0 aliphatic heterocycles. The predicted molar refractivity (Wildman–Crippen MR) is 68.7 cm³/mol. The van der Waals surface area contributed by atoms with Gasteiger partial charge in [0.2, 0.25) is 0 Å². The van der Waals surface area contributed by atoms with E-state index in [1.54, 1.807) is 25.2 Å². The van der Waals surface area contributed by atoms with Gasteiger partial charge >= 0.3 is 0 Å². The Balaban J connectivity index is 2.51. The van der Waals surface area contributed by atoms with Gasteiger partial charge in [0, 0.05) is 20.2 Å². The summed E-state index contributed by atoms with van der Waals surface area (Å²) in [6.07, 6.45) is 0. The molecule has 0 unspecified atom stereocenters. The average Bonchev–Trinajstić information content (AvgIpc) is 2.58. The van der Waals surface area contributed by atoms with E-state index in [1.807, 2.05) is 12.1 Å². The summed E-state index contributed by atoms with van der Waals surface area (Å²) in [7, 11) is 0. The molecule has 0 radical (unpaired) electrons. The number of aryl methyl sites for hydroxylation is 2. The van der Waals surface area contributed by atoms with Crippen molar-refractivity contribution >= 4 is 31.5 Å². The fourth-order valence-electron chi connectivity index (χ4n) is 2.02. The summed E-state index contributed by atoms with van der Waals surface area (Å²) in [5, 5.41) is 1.60. The SMILES string of the molecule is Cc1cc2sc3cc(C)c(F)cc3c2cc1F. The highest BCUT2D eigenvalue weighted by Gasteiger charge is 2.10. The highest BCUT2D eigenvalue weighted by Crippen LogP contribution is 2.36. The number of hydrogen-bond acceptors (Lipinski definition) is 1. The van der Waals surface area contributed by atoms with E-state index in [-0.39, 0.29) is 11.6 Å². The molecule has 3 rings (SSSR count). The Morgan fingerprint density at radius 3 is 1.59 bits per heavy atom. The predicted octanol–water partition coefficient (Wildman–Crippen LogP) is 4.95. The lowest BCUT2D eigenvalue weighted by molar-refractivity contribution is 0.619. The highest BCUT2D eigenvalue weighted by molar-refractivity contribution is 7.25. The maximum atomic E-state index is 13.5. The molecular weight excluding hydrogens is 238 g/mol. The molecule has 0 saturated heterocycles. The van der Waals surface area contributed by atoms with Gasteiger partial charge in [-0.25, -0.2) is 8.78 Å². The quantitative estimate of drug-likeness (QED) is 0.528. The lowest BCUT2D eigenvalue weighted by atomic mass is 10.1. The summed E-state index contributed by atoms with van der Waals surface area (Å²) < 4.78 is 29.1. The van der Waals surface area contributed by atoms with Crippen molar-refractivity contribution in [2.24, 2.45) is 0 Å². The summed E-state index contributed by atoms with van der Waals surface area (Å²) in [4.78, 5) is 0. The molecule has 0 saturated carbocycles. The van der Waals surface area contributed by atoms with Crippen LogP contribution in [0.4, 0.5) is 8.78 Å². The largest absolute Gasteiger partial charge is 0.207 e. The van der Waals surface area contributed by atoms with Crippen LogP contribution in [0.25, 0.3) is 20.2 Å². The second-order valence-corrected chi connectivity index (χ2v) is 5.38. The van der Waals surface area contributed by atoms with Gasteiger partial charge in [-0.05, 0) is 49.2 Å². The lowest BCUT2D eigenvalue weighted by Gasteiger charge is -1.98. The molecule has 17 heavy (non-hydrogen) atoms. The fraction of sp³-hybridized carbons (Fsp3) is 0.143. The van der Waals surface area contributed by atoms with Crippen LogP contribution in [-0.4, -0.2) is 0 Å². The standard InChI is InChI=1S/C14H10F2S/c1-7-3-13-9(5-11(7)15)10-6-12(16)8(2)4-14(10)17-13/h3-6H,1-2H3. The van der Waals surface area contributed by atoms with E-state index in [0.29, 0.717) is 11.1 Å². The number of hydrogen-bond donors (Lipinski definition) is 0. The van der Waals surface area contributed by atoms with Gasteiger partial charge in [0.05, 0.1) is 0 Å². The Kier molecular flexibility index (Phi) is 2.20. The smallest absolute Gasteiger partial charge is 0.126 e. The first-order chi connectivity index (χ1) is 8.06. The van der Waals surface area contributed by atoms with Gasteiger partial charge in [-0.1, -0.05) is 0 Å². The summed E-state index contributed by atoms with van der Waals surface area (Å²) in [6, 6.07) is 6.64. The third kappa shape index (κ3) is 1.53. The van der Waals surface area contributed by atoms with Crippen molar-refractivity contribution in [2.75, 3.05) is 0 Å². The third-order valence-electron chi connectivity index (χ3n) is 3.03. The zero-order valence-electron chi connectivity index (χ0n) is 9.47. The Labute approximate surface area is 101 Å². The zero-order chi connectivity index (χ0) is 12.2. The van der Waals surface area contributed by atoms with Crippen molar-refractivity contribution < 1.29 is 8.78 Å². The van der Waals surface area contributed by atoms with E-state index in [0.717, 1.165) is 20.2 Å². The molecule has 0 atom stereocenters. The highest BCUT2D eigenvalue weighted by atomic mass is 32.1. The van der Waals surface area contributed by atoms with Gasteiger partial charge < -0.3 is 0 Å². The molecule has 0 fully saturated rings. The fourth-order valence-corrected chi connectivity index (χ4v) is 3.28. The molecule has 3 aromatic rings. The summed E-state index contributed by atoms with van der Waals surface area (Å²) >= 11 is 1.57. The Hall–Kier alpha value is -1.48. The molecule has 0 aliphatic rings. The molecule has 0 bridgehead atoms. The van der Waals surface area contributed by atoms with E-state index < -0.39 is 0 Å². The zero-order valence-corrected chi connectivity index (χ0v) is 10.3. The molecule has 2 aromatic carbocycles. The van der Waals surface area contributed by atoms with Crippen LogP contribution < -0.4 is 0 Å². The normalized spacial score (nSPS) is 11.5. The molecule has 3 heteroatoms. The summed E-state index contributed by atoms with van der Waals surface area (Å²) in [5.41, 5.74) is 1.25. The topological polar surface area (TPSA) is 0 Å². The van der Waals surface area contributed by atoms with Crippen LogP contribution in [-0.2, 0) is 0 Å². The van der Waals surface area contributed by atoms with E-state index >= 15 is 0 Å². The minimum Gasteiger partial charge on any atom is -0.207 e. The van der Waals surface area contributed by atoms with Gasteiger partial charge in [0.15, 0.2) is 0 Å². The average molecular weight is 248 g/mol. The second kappa shape index (κ2) is 3.50. The second-order valence-electron chi connectivity index (χ2n) is 4.30. The van der Waals surface area contributed by atoms with Gasteiger partial charge in [-0.15, -0.1) is 11.3 Å². The first kappa shape index (κ1) is 10.7. The van der Waals surface area contributed by atoms with Gasteiger partial charge in [0.1, 0.15) is 11.6 Å². The van der Waals surface area contributed by atoms with Crippen LogP contribution in [0.2, 0.25) is 0 Å². The van der Waals surface area contributed by atoms with Crippen LogP contribution in [0.5, 0.6) is 0 Å². The summed E-state index contributed by atoms with van der Waals surface area (Å²) in [6.45, 7) is 3.48. The number of benzene rings is 2. The van der Waals surface area contributed by atoms with Crippen molar-refractivity contribution in [1.29, 1.82) is 0 Å². The van der Waals surface area contributed by atoms with E-state index in [2.05, 4.69) is 0 Å². The molecule has 0 spiro atoms. The first-order valence-electron chi connectivity index (χ1n) is 5.35. The number of thiophene rings is 1. The molecule has 86 valence electrons. The number of rotatable bonds is 0. The maximum Gasteiger partial charge on any atom is 0.126 e. The molecule has 0 amide bonds. The number of halogens is 2. The maximum absolute atomic E-state index is 13.5. The first-order valence-corrected chi connectivity index (χ1v) is 6.16. The van der Waals surface area contributed by atoms with Crippen LogP contribution in [0.3, 0.4) is 0 Å². The minimum atomic E-state index is -0.238. The van der Waals surface area contributed by atoms with E-state index in [1.165, 1.54) is 12.1 Å². The van der Waals surface area contributed by atoms with Crippen LogP contribution in [0, 0.1) is 25.5 Å². The van der Waals surface area contributed by atoms with Crippen molar-refractivity contribution in [3.05, 3.63) is 47.0 Å². The Bertz CT molecular complexity index is 679. The molecule has 0 nitrogen and oxygen atoms in total. The van der Waals surface area contributed by atoms with Crippen molar-refractivity contribution in [2.45, 2.75) is 13.8 Å². The van der Waals surface area contributed by atoms with Gasteiger partial charge in [-0.3, -0.25) is 0 Å². The lowest BCUT2D eigenvalue weighted by Crippen LogP contribution is -1.82. The third-order valence-corrected chi connectivity index (χ3v) is 4.15. The van der Waals surface area contributed by atoms with E-state index in [4.69, 9.17) is 0 Å². The molecule has 0 aliphatic carbocycles. The van der Waals surface area contributed by atoms with Crippen LogP contribution >= 0.6 is 11.3 Å². The Morgan fingerprint density at radius 1 is 0.765 bits per heavy atom. The monoisotopic (exact) mass is 248 g/mol. The van der Waals surface area contributed by atoms with E-state index in [9.17, 15) is 8.78 Å². The molecular formula is C14H10F2S. The van der Waals surface area contributed by atoms with Crippen molar-refractivity contribution in [3.8, 4) is 0 Å². The van der Waals surface area contributed by atoms with Crippen molar-refractivity contribution in [1.82, 2.24) is 0 Å². The molecule has 1 heterocycles. The molecule has 1 aromatic heterocycles. The van der Waals surface area contributed by atoms with Crippen molar-refractivity contribution in [3.63, 3.8) is 0 Å². The van der Waals surface area contributed by atoms with Gasteiger partial charge in [0.25, 0.3) is 0 Å².